The van der Waals surface area contributed by atoms with E-state index in [0.29, 0.717) is 6.61 Å². The molecule has 0 spiro atoms. The van der Waals surface area contributed by atoms with Gasteiger partial charge in [-0.2, -0.15) is 0 Å². The van der Waals surface area contributed by atoms with Crippen LogP contribution in [-0.4, -0.2) is 40.8 Å². The first-order valence-corrected chi connectivity index (χ1v) is 6.45. The van der Waals surface area contributed by atoms with Gasteiger partial charge in [-0.15, -0.1) is 0 Å². The summed E-state index contributed by atoms with van der Waals surface area (Å²) in [7, 11) is -4.54. The molecule has 0 aliphatic rings. The van der Waals surface area contributed by atoms with E-state index in [2.05, 4.69) is 11.4 Å². The molecule has 0 aliphatic carbocycles. The van der Waals surface area contributed by atoms with Crippen molar-refractivity contribution in [2.24, 2.45) is 0 Å². The van der Waals surface area contributed by atoms with Gasteiger partial charge in [0, 0.05) is 6.61 Å². The Morgan fingerprint density at radius 3 is 2.47 bits per heavy atom. The highest BCUT2D eigenvalue weighted by molar-refractivity contribution is 7.46. The van der Waals surface area contributed by atoms with Crippen molar-refractivity contribution in [2.75, 3.05) is 19.8 Å². The molecule has 0 heterocycles. The lowest BCUT2D eigenvalue weighted by Gasteiger charge is -2.15. The molecular formula is C8H19O6P. The minimum absolute atomic E-state index is 0.00861. The number of phosphoric acid groups is 1. The fraction of sp³-hybridized carbons (Fsp3) is 1.00. The smallest absolute Gasteiger partial charge is 0.394 e. The lowest BCUT2D eigenvalue weighted by atomic mass is 10.3. The Balaban J connectivity index is 3.58. The molecule has 0 aromatic carbocycles. The van der Waals surface area contributed by atoms with Crippen LogP contribution in [0.15, 0.2) is 0 Å². The molecule has 0 rings (SSSR count). The Morgan fingerprint density at radius 2 is 2.00 bits per heavy atom. The molecule has 6 nitrogen and oxygen atoms in total. The number of aliphatic hydroxyl groups excluding tert-OH is 1. The van der Waals surface area contributed by atoms with Crippen molar-refractivity contribution in [1.82, 2.24) is 0 Å². The molecule has 0 radical (unpaired) electrons. The number of aliphatic hydroxyl groups is 1. The van der Waals surface area contributed by atoms with E-state index >= 15 is 0 Å². The first kappa shape index (κ1) is 15.0. The summed E-state index contributed by atoms with van der Waals surface area (Å²) in [6, 6.07) is 0. The van der Waals surface area contributed by atoms with Crippen LogP contribution in [0.5, 0.6) is 0 Å². The number of ether oxygens (including phenoxy) is 1. The van der Waals surface area contributed by atoms with E-state index < -0.39 is 20.5 Å². The number of hydrogen-bond acceptors (Lipinski definition) is 4. The van der Waals surface area contributed by atoms with Crippen LogP contribution in [0, 0.1) is 0 Å². The Morgan fingerprint density at radius 1 is 1.33 bits per heavy atom. The third kappa shape index (κ3) is 10.3. The van der Waals surface area contributed by atoms with E-state index in [1.807, 2.05) is 0 Å². The largest absolute Gasteiger partial charge is 0.470 e. The second kappa shape index (κ2) is 8.21. The van der Waals surface area contributed by atoms with Crippen molar-refractivity contribution in [2.45, 2.75) is 32.3 Å². The SMILES string of the molecule is CCCCCOCC(CO)OP(=O)(O)O. The highest BCUT2D eigenvalue weighted by Gasteiger charge is 2.21. The Bertz CT molecular complexity index is 192. The molecule has 0 amide bonds. The van der Waals surface area contributed by atoms with Crippen molar-refractivity contribution in [3.8, 4) is 0 Å². The van der Waals surface area contributed by atoms with Gasteiger partial charge >= 0.3 is 7.82 Å². The third-order valence-corrected chi connectivity index (χ3v) is 2.26. The summed E-state index contributed by atoms with van der Waals surface area (Å²) in [4.78, 5) is 17.0. The van der Waals surface area contributed by atoms with Gasteiger partial charge in [0.25, 0.3) is 0 Å². The topological polar surface area (TPSA) is 96.2 Å². The predicted molar refractivity (Wildman–Crippen MR) is 54.3 cm³/mol. The molecule has 0 aliphatic heterocycles. The second-order valence-corrected chi connectivity index (χ2v) is 4.37. The molecule has 0 saturated heterocycles. The van der Waals surface area contributed by atoms with Crippen LogP contribution in [0.25, 0.3) is 0 Å². The molecule has 15 heavy (non-hydrogen) atoms. The Labute approximate surface area is 89.5 Å². The third-order valence-electron chi connectivity index (χ3n) is 1.69. The fourth-order valence-corrected chi connectivity index (χ4v) is 1.50. The van der Waals surface area contributed by atoms with E-state index in [1.165, 1.54) is 0 Å². The predicted octanol–water partition coefficient (Wildman–Crippen LogP) is 0.663. The summed E-state index contributed by atoms with van der Waals surface area (Å²) in [5.41, 5.74) is 0. The number of rotatable bonds is 9. The van der Waals surface area contributed by atoms with Gasteiger partial charge in [-0.25, -0.2) is 4.57 Å². The molecule has 1 unspecified atom stereocenters. The Hall–Kier alpha value is 0.0300. The molecule has 7 heteroatoms. The zero-order valence-corrected chi connectivity index (χ0v) is 9.73. The van der Waals surface area contributed by atoms with Crippen LogP contribution < -0.4 is 0 Å². The first-order chi connectivity index (χ1) is 6.99. The Kier molecular flexibility index (Phi) is 8.23. The van der Waals surface area contributed by atoms with E-state index in [1.54, 1.807) is 0 Å². The summed E-state index contributed by atoms with van der Waals surface area (Å²) in [6.45, 7) is 2.09. The summed E-state index contributed by atoms with van der Waals surface area (Å²) in [6.07, 6.45) is 2.05. The molecular weight excluding hydrogens is 223 g/mol. The summed E-state index contributed by atoms with van der Waals surface area (Å²) in [5.74, 6) is 0. The average Bonchev–Trinajstić information content (AvgIpc) is 2.14. The van der Waals surface area contributed by atoms with E-state index in [9.17, 15) is 4.57 Å². The molecule has 0 saturated carbocycles. The van der Waals surface area contributed by atoms with Gasteiger partial charge in [0.1, 0.15) is 6.10 Å². The van der Waals surface area contributed by atoms with Crippen LogP contribution in [0.3, 0.4) is 0 Å². The highest BCUT2D eigenvalue weighted by Crippen LogP contribution is 2.37. The first-order valence-electron chi connectivity index (χ1n) is 4.92. The highest BCUT2D eigenvalue weighted by atomic mass is 31.2. The van der Waals surface area contributed by atoms with Gasteiger partial charge in [-0.1, -0.05) is 19.8 Å². The van der Waals surface area contributed by atoms with Crippen molar-refractivity contribution in [3.63, 3.8) is 0 Å². The van der Waals surface area contributed by atoms with E-state index in [-0.39, 0.29) is 6.61 Å². The molecule has 0 fully saturated rings. The number of unbranched alkanes of at least 4 members (excludes halogenated alkanes) is 2. The molecule has 3 N–H and O–H groups in total. The number of hydrogen-bond donors (Lipinski definition) is 3. The second-order valence-electron chi connectivity index (χ2n) is 3.18. The van der Waals surface area contributed by atoms with Crippen LogP contribution >= 0.6 is 7.82 Å². The standard InChI is InChI=1S/C8H19O6P/c1-2-3-4-5-13-7-8(6-9)14-15(10,11)12/h8-9H,2-7H2,1H3,(H2,10,11,12). The quantitative estimate of drug-likeness (QED) is 0.406. The maximum absolute atomic E-state index is 10.4. The molecule has 0 aromatic heterocycles. The van der Waals surface area contributed by atoms with Gasteiger partial charge < -0.3 is 19.6 Å². The lowest BCUT2D eigenvalue weighted by molar-refractivity contribution is 0.00421. The van der Waals surface area contributed by atoms with Crippen LogP contribution in [0.4, 0.5) is 0 Å². The zero-order chi connectivity index (χ0) is 11.7. The van der Waals surface area contributed by atoms with Crippen LogP contribution in [-0.2, 0) is 13.8 Å². The molecule has 92 valence electrons. The maximum atomic E-state index is 10.4. The fourth-order valence-electron chi connectivity index (χ4n) is 0.980. The van der Waals surface area contributed by atoms with Gasteiger partial charge in [0.15, 0.2) is 0 Å². The van der Waals surface area contributed by atoms with Crippen molar-refractivity contribution in [1.29, 1.82) is 0 Å². The van der Waals surface area contributed by atoms with Crippen molar-refractivity contribution < 1.29 is 28.7 Å². The molecule has 0 aromatic rings. The van der Waals surface area contributed by atoms with Gasteiger partial charge in [-0.05, 0) is 6.42 Å². The summed E-state index contributed by atoms with van der Waals surface area (Å²) >= 11 is 0. The van der Waals surface area contributed by atoms with E-state index in [4.69, 9.17) is 19.6 Å². The minimum Gasteiger partial charge on any atom is -0.394 e. The normalized spacial score (nSPS) is 14.1. The van der Waals surface area contributed by atoms with Crippen molar-refractivity contribution >= 4 is 7.82 Å². The lowest BCUT2D eigenvalue weighted by Crippen LogP contribution is -2.23. The molecule has 1 atom stereocenters. The van der Waals surface area contributed by atoms with Crippen LogP contribution in [0.2, 0.25) is 0 Å². The van der Waals surface area contributed by atoms with Gasteiger partial charge in [-0.3, -0.25) is 4.52 Å². The molecule has 0 bridgehead atoms. The average molecular weight is 242 g/mol. The van der Waals surface area contributed by atoms with Crippen LogP contribution in [0.1, 0.15) is 26.2 Å². The maximum Gasteiger partial charge on any atom is 0.470 e. The van der Waals surface area contributed by atoms with Crippen molar-refractivity contribution in [3.05, 3.63) is 0 Å². The van der Waals surface area contributed by atoms with Gasteiger partial charge in [0.2, 0.25) is 0 Å². The summed E-state index contributed by atoms with van der Waals surface area (Å²) < 4.78 is 19.8. The summed E-state index contributed by atoms with van der Waals surface area (Å²) in [5, 5.41) is 8.74. The van der Waals surface area contributed by atoms with Gasteiger partial charge in [0.05, 0.1) is 13.2 Å². The monoisotopic (exact) mass is 242 g/mol. The number of phosphoric ester groups is 1. The minimum atomic E-state index is -4.54. The van der Waals surface area contributed by atoms with E-state index in [0.717, 1.165) is 19.3 Å². The zero-order valence-electron chi connectivity index (χ0n) is 8.83.